The summed E-state index contributed by atoms with van der Waals surface area (Å²) in [6, 6.07) is 11.1. The summed E-state index contributed by atoms with van der Waals surface area (Å²) in [4.78, 5) is 16.6. The molecule has 3 aromatic rings. The lowest BCUT2D eigenvalue weighted by atomic mass is 10.2. The average molecular weight is 493 g/mol. The number of rotatable bonds is 7. The van der Waals surface area contributed by atoms with E-state index in [1.807, 2.05) is 0 Å². The van der Waals surface area contributed by atoms with Crippen molar-refractivity contribution < 1.29 is 31.8 Å². The normalized spacial score (nSPS) is 14.7. The number of hydrogen-bond acceptors (Lipinski definition) is 8. The molecule has 1 aliphatic rings. The van der Waals surface area contributed by atoms with Crippen LogP contribution in [0.4, 0.5) is 0 Å². The first-order valence-electron chi connectivity index (χ1n) is 10.0. The summed E-state index contributed by atoms with van der Waals surface area (Å²) < 4.78 is 48.8. The molecule has 0 unspecified atom stereocenters. The average Bonchev–Trinajstić information content (AvgIpc) is 3.32. The number of morpholine rings is 1. The molecule has 0 spiro atoms. The van der Waals surface area contributed by atoms with Gasteiger partial charge in [-0.05, 0) is 42.5 Å². The van der Waals surface area contributed by atoms with Crippen LogP contribution >= 0.6 is 11.6 Å². The molecular formula is C22H21ClN2O7S. The van der Waals surface area contributed by atoms with Crippen LogP contribution in [-0.2, 0) is 26.1 Å². The minimum absolute atomic E-state index is 0.0621. The number of ether oxygens (including phenoxy) is 3. The van der Waals surface area contributed by atoms with Crippen LogP contribution in [0.5, 0.6) is 5.75 Å². The van der Waals surface area contributed by atoms with Crippen LogP contribution in [-0.4, -0.2) is 57.1 Å². The Morgan fingerprint density at radius 2 is 1.88 bits per heavy atom. The molecule has 1 aromatic heterocycles. The Kier molecular flexibility index (Phi) is 6.99. The summed E-state index contributed by atoms with van der Waals surface area (Å²) in [5.41, 5.74) is 0.838. The van der Waals surface area contributed by atoms with E-state index in [0.717, 1.165) is 5.56 Å². The Hall–Kier alpha value is -2.92. The second kappa shape index (κ2) is 9.92. The molecule has 4 rings (SSSR count). The maximum atomic E-state index is 13.1. The summed E-state index contributed by atoms with van der Waals surface area (Å²) in [6.07, 6.45) is 1.52. The first-order valence-corrected chi connectivity index (χ1v) is 11.8. The monoisotopic (exact) mass is 492 g/mol. The van der Waals surface area contributed by atoms with Crippen molar-refractivity contribution in [3.8, 4) is 17.1 Å². The number of carbonyl (C=O) groups excluding carboxylic acids is 1. The molecule has 2 aromatic carbocycles. The summed E-state index contributed by atoms with van der Waals surface area (Å²) in [5, 5.41) is 0.599. The van der Waals surface area contributed by atoms with Gasteiger partial charge in [0.1, 0.15) is 10.6 Å². The first kappa shape index (κ1) is 23.2. The van der Waals surface area contributed by atoms with E-state index in [0.29, 0.717) is 24.0 Å². The number of benzene rings is 2. The van der Waals surface area contributed by atoms with Gasteiger partial charge >= 0.3 is 5.97 Å². The Labute approximate surface area is 195 Å². The van der Waals surface area contributed by atoms with Gasteiger partial charge in [-0.15, -0.1) is 0 Å². The highest BCUT2D eigenvalue weighted by molar-refractivity contribution is 7.89. The molecule has 0 N–H and O–H groups in total. The minimum atomic E-state index is -3.88. The molecule has 0 saturated carbocycles. The van der Waals surface area contributed by atoms with Gasteiger partial charge in [0.25, 0.3) is 0 Å². The van der Waals surface area contributed by atoms with E-state index in [4.69, 9.17) is 30.2 Å². The fourth-order valence-corrected chi connectivity index (χ4v) is 4.98. The zero-order chi connectivity index (χ0) is 23.4. The third kappa shape index (κ3) is 5.19. The van der Waals surface area contributed by atoms with E-state index in [9.17, 15) is 13.2 Å². The van der Waals surface area contributed by atoms with Crippen molar-refractivity contribution in [3.05, 3.63) is 65.1 Å². The van der Waals surface area contributed by atoms with Crippen molar-refractivity contribution in [2.45, 2.75) is 11.5 Å². The molecule has 0 amide bonds. The Balaban J connectivity index is 1.48. The minimum Gasteiger partial charge on any atom is -0.495 e. The molecule has 9 nitrogen and oxygen atoms in total. The maximum Gasteiger partial charge on any atom is 0.338 e. The zero-order valence-corrected chi connectivity index (χ0v) is 19.3. The molecule has 33 heavy (non-hydrogen) atoms. The standard InChI is InChI=1S/C22H21ClN2O7S/c1-29-18-7-4-16(12-20(18)33(27,28)25-8-10-30-11-9-25)22(26)31-14-21-24-13-19(32-21)15-2-5-17(23)6-3-15/h2-7,12-13H,8-11,14H2,1H3. The van der Waals surface area contributed by atoms with Crippen LogP contribution in [0.2, 0.25) is 5.02 Å². The molecule has 2 heterocycles. The first-order chi connectivity index (χ1) is 15.9. The van der Waals surface area contributed by atoms with Crippen LogP contribution in [0, 0.1) is 0 Å². The van der Waals surface area contributed by atoms with E-state index >= 15 is 0 Å². The number of hydrogen-bond donors (Lipinski definition) is 0. The molecule has 0 atom stereocenters. The molecule has 0 aliphatic carbocycles. The highest BCUT2D eigenvalue weighted by Gasteiger charge is 2.30. The van der Waals surface area contributed by atoms with E-state index in [1.54, 1.807) is 24.3 Å². The molecule has 11 heteroatoms. The Morgan fingerprint density at radius 1 is 1.15 bits per heavy atom. The van der Waals surface area contributed by atoms with Gasteiger partial charge in [-0.3, -0.25) is 0 Å². The van der Waals surface area contributed by atoms with E-state index in [2.05, 4.69) is 4.98 Å². The molecule has 1 aliphatic heterocycles. The van der Waals surface area contributed by atoms with Gasteiger partial charge in [0, 0.05) is 23.7 Å². The third-order valence-corrected chi connectivity index (χ3v) is 7.17. The predicted octanol–water partition coefficient (Wildman–Crippen LogP) is 3.38. The van der Waals surface area contributed by atoms with Crippen LogP contribution in [0.3, 0.4) is 0 Å². The van der Waals surface area contributed by atoms with Crippen LogP contribution in [0.15, 0.2) is 58.0 Å². The molecule has 1 fully saturated rings. The maximum absolute atomic E-state index is 13.1. The van der Waals surface area contributed by atoms with Crippen LogP contribution < -0.4 is 4.74 Å². The lowest BCUT2D eigenvalue weighted by Crippen LogP contribution is -2.40. The summed E-state index contributed by atoms with van der Waals surface area (Å²) in [6.45, 7) is 0.833. The summed E-state index contributed by atoms with van der Waals surface area (Å²) >= 11 is 5.89. The number of aromatic nitrogens is 1. The number of oxazole rings is 1. The topological polar surface area (TPSA) is 108 Å². The molecular weight excluding hydrogens is 472 g/mol. The van der Waals surface area contributed by atoms with Gasteiger partial charge in [-0.2, -0.15) is 4.31 Å². The number of nitrogens with zero attached hydrogens (tertiary/aromatic N) is 2. The van der Waals surface area contributed by atoms with Gasteiger partial charge < -0.3 is 18.6 Å². The number of carbonyl (C=O) groups is 1. The largest absolute Gasteiger partial charge is 0.495 e. The van der Waals surface area contributed by atoms with Gasteiger partial charge in [0.05, 0.1) is 32.1 Å². The summed E-state index contributed by atoms with van der Waals surface area (Å²) in [5.74, 6) is 0.115. The molecule has 174 valence electrons. The second-order valence-electron chi connectivity index (χ2n) is 7.08. The van der Waals surface area contributed by atoms with Crippen molar-refractivity contribution in [2.24, 2.45) is 0 Å². The van der Waals surface area contributed by atoms with E-state index in [1.165, 1.54) is 35.8 Å². The van der Waals surface area contributed by atoms with Crippen molar-refractivity contribution in [1.29, 1.82) is 0 Å². The predicted molar refractivity (Wildman–Crippen MR) is 119 cm³/mol. The van der Waals surface area contributed by atoms with Crippen LogP contribution in [0.25, 0.3) is 11.3 Å². The van der Waals surface area contributed by atoms with Gasteiger partial charge in [-0.1, -0.05) is 11.6 Å². The molecule has 1 saturated heterocycles. The SMILES string of the molecule is COc1ccc(C(=O)OCc2ncc(-c3ccc(Cl)cc3)o2)cc1S(=O)(=O)N1CCOCC1. The smallest absolute Gasteiger partial charge is 0.338 e. The summed E-state index contributed by atoms with van der Waals surface area (Å²) in [7, 11) is -2.51. The van der Waals surface area contributed by atoms with Crippen molar-refractivity contribution >= 4 is 27.6 Å². The lowest BCUT2D eigenvalue weighted by Gasteiger charge is -2.26. The van der Waals surface area contributed by atoms with E-state index < -0.39 is 16.0 Å². The zero-order valence-electron chi connectivity index (χ0n) is 17.7. The number of sulfonamides is 1. The molecule has 0 radical (unpaired) electrons. The van der Waals surface area contributed by atoms with Crippen molar-refractivity contribution in [1.82, 2.24) is 9.29 Å². The van der Waals surface area contributed by atoms with Gasteiger partial charge in [-0.25, -0.2) is 18.2 Å². The van der Waals surface area contributed by atoms with E-state index in [-0.39, 0.29) is 41.8 Å². The van der Waals surface area contributed by atoms with Gasteiger partial charge in [0.2, 0.25) is 15.9 Å². The van der Waals surface area contributed by atoms with Gasteiger partial charge in [0.15, 0.2) is 12.4 Å². The number of halogens is 1. The fraction of sp³-hybridized carbons (Fsp3) is 0.273. The Bertz CT molecular complexity index is 1240. The highest BCUT2D eigenvalue weighted by atomic mass is 35.5. The van der Waals surface area contributed by atoms with Crippen LogP contribution in [0.1, 0.15) is 16.2 Å². The molecule has 0 bridgehead atoms. The fourth-order valence-electron chi connectivity index (χ4n) is 3.27. The third-order valence-electron chi connectivity index (χ3n) is 5.00. The lowest BCUT2D eigenvalue weighted by molar-refractivity contribution is 0.0438. The van der Waals surface area contributed by atoms with Crippen molar-refractivity contribution in [2.75, 3.05) is 33.4 Å². The quantitative estimate of drug-likeness (QED) is 0.462. The van der Waals surface area contributed by atoms with Crippen molar-refractivity contribution in [3.63, 3.8) is 0 Å². The highest BCUT2D eigenvalue weighted by Crippen LogP contribution is 2.29. The number of methoxy groups -OCH3 is 1. The Morgan fingerprint density at radius 3 is 2.58 bits per heavy atom. The number of esters is 1. The second-order valence-corrected chi connectivity index (χ2v) is 9.43.